The van der Waals surface area contributed by atoms with Crippen molar-refractivity contribution in [2.75, 3.05) is 39.8 Å². The van der Waals surface area contributed by atoms with E-state index >= 15 is 0 Å². The minimum atomic E-state index is -0.386. The second-order valence-electron chi connectivity index (χ2n) is 6.83. The molecule has 0 saturated heterocycles. The highest BCUT2D eigenvalue weighted by atomic mass is 16.6. The van der Waals surface area contributed by atoms with Gasteiger partial charge in [-0.05, 0) is 44.9 Å². The van der Waals surface area contributed by atoms with Crippen molar-refractivity contribution in [2.45, 2.75) is 33.6 Å². The number of aromatic nitrogens is 1. The van der Waals surface area contributed by atoms with Crippen LogP contribution >= 0.6 is 0 Å². The Kier molecular flexibility index (Phi) is 8.32. The number of likely N-dealkylation sites (N-methyl/N-ethyl adjacent to an activating group) is 1. The molecule has 0 atom stereocenters. The van der Waals surface area contributed by atoms with E-state index in [1.165, 1.54) is 9.80 Å². The first-order valence-electron chi connectivity index (χ1n) is 10.0. The van der Waals surface area contributed by atoms with Crippen molar-refractivity contribution in [3.63, 3.8) is 0 Å². The Hall–Kier alpha value is -2.54. The normalized spacial score (nSPS) is 11.0. The number of rotatable bonds is 10. The van der Waals surface area contributed by atoms with Crippen LogP contribution < -0.4 is 9.64 Å². The molecule has 7 nitrogen and oxygen atoms in total. The summed E-state index contributed by atoms with van der Waals surface area (Å²) < 4.78 is 10.7. The molecule has 0 fully saturated rings. The molecular weight excluding hydrogens is 358 g/mol. The summed E-state index contributed by atoms with van der Waals surface area (Å²) >= 11 is 0. The number of H-pyrrole nitrogens is 1. The smallest absolute Gasteiger partial charge is 0.414 e. The molecule has 28 heavy (non-hydrogen) atoms. The lowest BCUT2D eigenvalue weighted by Gasteiger charge is -2.15. The van der Waals surface area contributed by atoms with Gasteiger partial charge in [0.25, 0.3) is 0 Å². The number of quaternary nitrogens is 1. The molecule has 154 valence electrons. The highest BCUT2D eigenvalue weighted by Gasteiger charge is 2.12. The number of fused-ring (bicyclic) bond motifs is 1. The van der Waals surface area contributed by atoms with E-state index in [4.69, 9.17) is 9.47 Å². The molecule has 0 aliphatic rings. The molecule has 0 unspecified atom stereocenters. The molecule has 1 aromatic heterocycles. The molecule has 0 bridgehead atoms. The minimum Gasteiger partial charge on any atom is -0.460 e. The van der Waals surface area contributed by atoms with Crippen molar-refractivity contribution in [1.82, 2.24) is 9.88 Å². The summed E-state index contributed by atoms with van der Waals surface area (Å²) in [6.07, 6.45) is 2.46. The summed E-state index contributed by atoms with van der Waals surface area (Å²) in [6, 6.07) is 5.47. The summed E-state index contributed by atoms with van der Waals surface area (Å²) in [5.74, 6) is 0.318. The second-order valence-corrected chi connectivity index (χ2v) is 6.83. The Bertz CT molecular complexity index is 783. The number of hydrogen-bond acceptors (Lipinski definition) is 4. The number of esters is 1. The summed E-state index contributed by atoms with van der Waals surface area (Å²) in [5, 5.41) is 1.02. The Morgan fingerprint density at radius 2 is 1.93 bits per heavy atom. The first kappa shape index (κ1) is 21.8. The highest BCUT2D eigenvalue weighted by Crippen LogP contribution is 2.24. The van der Waals surface area contributed by atoms with Gasteiger partial charge in [-0.15, -0.1) is 0 Å². The monoisotopic (exact) mass is 390 g/mol. The van der Waals surface area contributed by atoms with Gasteiger partial charge in [0.1, 0.15) is 18.9 Å². The van der Waals surface area contributed by atoms with Crippen molar-refractivity contribution in [1.29, 1.82) is 0 Å². The summed E-state index contributed by atoms with van der Waals surface area (Å²) in [4.78, 5) is 30.0. The molecule has 0 aliphatic heterocycles. The summed E-state index contributed by atoms with van der Waals surface area (Å²) in [6.45, 7) is 10.1. The maximum Gasteiger partial charge on any atom is 0.414 e. The number of hydrogen-bond donors (Lipinski definition) is 2. The predicted molar refractivity (Wildman–Crippen MR) is 109 cm³/mol. The van der Waals surface area contributed by atoms with Crippen LogP contribution in [0.5, 0.6) is 5.75 Å². The fourth-order valence-corrected chi connectivity index (χ4v) is 2.97. The van der Waals surface area contributed by atoms with Crippen LogP contribution in [0.15, 0.2) is 24.4 Å². The molecule has 1 heterocycles. The average molecular weight is 391 g/mol. The average Bonchev–Trinajstić information content (AvgIpc) is 3.11. The van der Waals surface area contributed by atoms with Gasteiger partial charge in [0.05, 0.1) is 13.1 Å². The third-order valence-electron chi connectivity index (χ3n) is 5.05. The van der Waals surface area contributed by atoms with E-state index in [9.17, 15) is 9.59 Å². The van der Waals surface area contributed by atoms with E-state index in [-0.39, 0.29) is 12.1 Å². The van der Waals surface area contributed by atoms with Crippen LogP contribution in [0.3, 0.4) is 0 Å². The van der Waals surface area contributed by atoms with Gasteiger partial charge in [0, 0.05) is 43.2 Å². The lowest BCUT2D eigenvalue weighted by Crippen LogP contribution is -3.11. The third-order valence-corrected chi connectivity index (χ3v) is 5.05. The van der Waals surface area contributed by atoms with Crippen LogP contribution in [0.25, 0.3) is 10.9 Å². The zero-order chi connectivity index (χ0) is 20.5. The maximum absolute atomic E-state index is 12.0. The first-order valence-corrected chi connectivity index (χ1v) is 10.0. The molecule has 0 radical (unpaired) electrons. The van der Waals surface area contributed by atoms with Gasteiger partial charge in [-0.2, -0.15) is 0 Å². The zero-order valence-electron chi connectivity index (χ0n) is 17.3. The molecule has 0 saturated carbocycles. The van der Waals surface area contributed by atoms with Gasteiger partial charge in [0.15, 0.2) is 0 Å². The molecule has 1 amide bonds. The number of aromatic amines is 1. The Labute approximate surface area is 166 Å². The number of benzene rings is 1. The van der Waals surface area contributed by atoms with Crippen LogP contribution in [0.2, 0.25) is 0 Å². The van der Waals surface area contributed by atoms with Gasteiger partial charge in [-0.1, -0.05) is 0 Å². The van der Waals surface area contributed by atoms with Crippen molar-refractivity contribution < 1.29 is 24.0 Å². The van der Waals surface area contributed by atoms with Gasteiger partial charge in [-0.25, -0.2) is 4.79 Å². The number of aryl methyl sites for hydroxylation is 1. The van der Waals surface area contributed by atoms with Crippen LogP contribution in [0.4, 0.5) is 4.79 Å². The summed E-state index contributed by atoms with van der Waals surface area (Å²) in [7, 11) is 1.69. The SMILES string of the molecule is CCN(C)C(=O)Oc1ccc2c(CCC(=O)OCC[NH+](CC)CC)c[nH]c2c1. The zero-order valence-corrected chi connectivity index (χ0v) is 17.3. The maximum atomic E-state index is 12.0. The van der Waals surface area contributed by atoms with Crippen molar-refractivity contribution in [3.8, 4) is 5.75 Å². The van der Waals surface area contributed by atoms with E-state index in [0.717, 1.165) is 36.1 Å². The van der Waals surface area contributed by atoms with Gasteiger partial charge in [-0.3, -0.25) is 4.79 Å². The van der Waals surface area contributed by atoms with E-state index in [1.807, 2.05) is 19.2 Å². The highest BCUT2D eigenvalue weighted by molar-refractivity contribution is 5.85. The first-order chi connectivity index (χ1) is 13.5. The van der Waals surface area contributed by atoms with Gasteiger partial charge < -0.3 is 24.3 Å². The molecule has 0 spiro atoms. The topological polar surface area (TPSA) is 76.1 Å². The molecule has 2 aromatic rings. The van der Waals surface area contributed by atoms with Crippen LogP contribution in [0, 0.1) is 0 Å². The van der Waals surface area contributed by atoms with Crippen LogP contribution in [0.1, 0.15) is 32.8 Å². The van der Waals surface area contributed by atoms with E-state index in [1.54, 1.807) is 19.2 Å². The van der Waals surface area contributed by atoms with Crippen LogP contribution in [-0.2, 0) is 16.0 Å². The number of carbonyl (C=O) groups is 2. The van der Waals surface area contributed by atoms with E-state index in [0.29, 0.717) is 31.7 Å². The number of carbonyl (C=O) groups excluding carboxylic acids is 2. The Morgan fingerprint density at radius 3 is 2.61 bits per heavy atom. The van der Waals surface area contributed by atoms with Crippen LogP contribution in [-0.4, -0.2) is 61.8 Å². The third kappa shape index (κ3) is 5.99. The fourth-order valence-electron chi connectivity index (χ4n) is 2.97. The molecule has 2 rings (SSSR count). The molecular formula is C21H32N3O4+. The Balaban J connectivity index is 1.88. The number of ether oxygens (including phenoxy) is 2. The van der Waals surface area contributed by atoms with Gasteiger partial charge in [0.2, 0.25) is 0 Å². The molecule has 2 N–H and O–H groups in total. The lowest BCUT2D eigenvalue weighted by atomic mass is 10.1. The fraction of sp³-hybridized carbons (Fsp3) is 0.524. The van der Waals surface area contributed by atoms with Crippen molar-refractivity contribution in [2.24, 2.45) is 0 Å². The number of amides is 1. The minimum absolute atomic E-state index is 0.172. The lowest BCUT2D eigenvalue weighted by molar-refractivity contribution is -0.896. The molecule has 1 aromatic carbocycles. The number of nitrogens with one attached hydrogen (secondary N) is 2. The Morgan fingerprint density at radius 1 is 1.18 bits per heavy atom. The van der Waals surface area contributed by atoms with E-state index in [2.05, 4.69) is 18.8 Å². The standard InChI is InChI=1S/C21H31N3O4/c1-5-23(4)21(26)28-17-9-10-18-16(15-22-19(18)14-17)8-11-20(25)27-13-12-24(6-2)7-3/h9-10,14-15,22H,5-8,11-13H2,1-4H3/p+1. The largest absolute Gasteiger partial charge is 0.460 e. The quantitative estimate of drug-likeness (QED) is 0.609. The molecule has 7 heteroatoms. The number of nitrogens with zero attached hydrogens (tertiary/aromatic N) is 1. The molecule has 0 aliphatic carbocycles. The summed E-state index contributed by atoms with van der Waals surface area (Å²) in [5.41, 5.74) is 1.92. The van der Waals surface area contributed by atoms with Crippen molar-refractivity contribution >= 4 is 23.0 Å². The van der Waals surface area contributed by atoms with Gasteiger partial charge >= 0.3 is 12.1 Å². The second kappa shape index (κ2) is 10.7. The van der Waals surface area contributed by atoms with Crippen molar-refractivity contribution in [3.05, 3.63) is 30.0 Å². The van der Waals surface area contributed by atoms with E-state index < -0.39 is 0 Å². The predicted octanol–water partition coefficient (Wildman–Crippen LogP) is 2.02.